The van der Waals surface area contributed by atoms with Crippen molar-refractivity contribution in [3.63, 3.8) is 0 Å². The van der Waals surface area contributed by atoms with Gasteiger partial charge in [0, 0.05) is 19.3 Å². The van der Waals surface area contributed by atoms with E-state index in [0.717, 1.165) is 11.1 Å². The van der Waals surface area contributed by atoms with Crippen LogP contribution in [0.3, 0.4) is 0 Å². The van der Waals surface area contributed by atoms with E-state index in [2.05, 4.69) is 23.5 Å². The number of rotatable bonds is 2. The molecule has 3 nitrogen and oxygen atoms in total. The highest BCUT2D eigenvalue weighted by Crippen LogP contribution is 2.49. The molecule has 2 fully saturated rings. The highest BCUT2D eigenvalue weighted by atomic mass is 15.3. The average molecular weight is 247 g/mol. The van der Waals surface area contributed by atoms with Crippen molar-refractivity contribution in [2.45, 2.75) is 64.3 Å². The summed E-state index contributed by atoms with van der Waals surface area (Å²) in [6, 6.07) is 0.666. The van der Waals surface area contributed by atoms with E-state index >= 15 is 0 Å². The molecule has 1 N–H and O–H groups in total. The van der Waals surface area contributed by atoms with Crippen LogP contribution in [0.2, 0.25) is 0 Å². The van der Waals surface area contributed by atoms with E-state index in [1.54, 1.807) is 0 Å². The Hall–Kier alpha value is -0.990. The molecule has 1 heterocycles. The molecule has 2 saturated carbocycles. The van der Waals surface area contributed by atoms with Crippen LogP contribution >= 0.6 is 0 Å². The summed E-state index contributed by atoms with van der Waals surface area (Å²) < 4.78 is 1.90. The first-order valence-corrected chi connectivity index (χ1v) is 7.44. The number of anilines is 1. The molecule has 1 spiro atoms. The van der Waals surface area contributed by atoms with E-state index in [-0.39, 0.29) is 0 Å². The summed E-state index contributed by atoms with van der Waals surface area (Å²) in [4.78, 5) is 0. The Kier molecular flexibility index (Phi) is 3.08. The fraction of sp³-hybridized carbons (Fsp3) is 0.800. The van der Waals surface area contributed by atoms with Crippen LogP contribution in [0.1, 0.15) is 57.1 Å². The number of nitrogens with zero attached hydrogens (tertiary/aromatic N) is 2. The third-order valence-corrected chi connectivity index (χ3v) is 5.08. The van der Waals surface area contributed by atoms with Gasteiger partial charge in [-0.2, -0.15) is 5.10 Å². The minimum Gasteiger partial charge on any atom is -0.380 e. The van der Waals surface area contributed by atoms with Gasteiger partial charge in [0.25, 0.3) is 0 Å². The van der Waals surface area contributed by atoms with Crippen molar-refractivity contribution in [1.29, 1.82) is 0 Å². The summed E-state index contributed by atoms with van der Waals surface area (Å²) >= 11 is 0. The van der Waals surface area contributed by atoms with Gasteiger partial charge in [-0.25, -0.2) is 0 Å². The van der Waals surface area contributed by atoms with Crippen LogP contribution in [0.4, 0.5) is 5.69 Å². The molecule has 2 aliphatic rings. The number of hydrogen-bond acceptors (Lipinski definition) is 2. The standard InChI is InChI=1S/C15H25N3/c1-12-14(11-18(2)17-12)16-13-5-9-15(10-6-13)7-3-4-8-15/h11,13,16H,3-10H2,1-2H3. The first-order chi connectivity index (χ1) is 8.67. The summed E-state index contributed by atoms with van der Waals surface area (Å²) in [5, 5.41) is 8.09. The van der Waals surface area contributed by atoms with Crippen molar-refractivity contribution in [2.24, 2.45) is 12.5 Å². The predicted octanol–water partition coefficient (Wildman–Crippen LogP) is 3.64. The molecule has 2 aliphatic carbocycles. The van der Waals surface area contributed by atoms with Gasteiger partial charge in [-0.05, 0) is 50.9 Å². The van der Waals surface area contributed by atoms with Crippen LogP contribution in [-0.2, 0) is 7.05 Å². The van der Waals surface area contributed by atoms with Crippen molar-refractivity contribution < 1.29 is 0 Å². The zero-order valence-corrected chi connectivity index (χ0v) is 11.7. The lowest BCUT2D eigenvalue weighted by atomic mass is 9.71. The second-order valence-electron chi connectivity index (χ2n) is 6.43. The molecule has 0 unspecified atom stereocenters. The number of aryl methyl sites for hydroxylation is 2. The predicted molar refractivity (Wildman–Crippen MR) is 74.7 cm³/mol. The van der Waals surface area contributed by atoms with Crippen molar-refractivity contribution in [1.82, 2.24) is 9.78 Å². The van der Waals surface area contributed by atoms with E-state index < -0.39 is 0 Å². The lowest BCUT2D eigenvalue weighted by Gasteiger charge is -2.37. The van der Waals surface area contributed by atoms with Gasteiger partial charge < -0.3 is 5.32 Å². The molecule has 1 aromatic rings. The molecule has 0 radical (unpaired) electrons. The Morgan fingerprint density at radius 3 is 2.44 bits per heavy atom. The molecule has 1 aromatic heterocycles. The van der Waals surface area contributed by atoms with Crippen LogP contribution in [0.25, 0.3) is 0 Å². The number of hydrogen-bond donors (Lipinski definition) is 1. The summed E-state index contributed by atoms with van der Waals surface area (Å²) in [6.45, 7) is 2.09. The quantitative estimate of drug-likeness (QED) is 0.864. The molecule has 0 saturated heterocycles. The normalized spacial score (nSPS) is 23.7. The first-order valence-electron chi connectivity index (χ1n) is 7.44. The molecule has 0 bridgehead atoms. The second kappa shape index (κ2) is 4.60. The molecular weight excluding hydrogens is 222 g/mol. The Balaban J connectivity index is 1.58. The van der Waals surface area contributed by atoms with E-state index in [0.29, 0.717) is 6.04 Å². The van der Waals surface area contributed by atoms with Gasteiger partial charge in [-0.3, -0.25) is 4.68 Å². The molecular formula is C15H25N3. The number of aromatic nitrogens is 2. The Bertz CT molecular complexity index is 405. The molecule has 0 atom stereocenters. The third kappa shape index (κ3) is 2.27. The zero-order valence-electron chi connectivity index (χ0n) is 11.7. The SMILES string of the molecule is Cc1nn(C)cc1NC1CCC2(CCCC2)CC1. The first kappa shape index (κ1) is 12.1. The van der Waals surface area contributed by atoms with E-state index in [1.165, 1.54) is 57.1 Å². The van der Waals surface area contributed by atoms with Crippen molar-refractivity contribution >= 4 is 5.69 Å². The fourth-order valence-electron chi connectivity index (χ4n) is 3.96. The van der Waals surface area contributed by atoms with Gasteiger partial charge in [0.05, 0.1) is 11.4 Å². The topological polar surface area (TPSA) is 29.9 Å². The third-order valence-electron chi connectivity index (χ3n) is 5.08. The summed E-state index contributed by atoms with van der Waals surface area (Å²) in [7, 11) is 1.99. The minimum absolute atomic E-state index is 0.666. The Labute approximate surface area is 110 Å². The van der Waals surface area contributed by atoms with E-state index in [1.807, 2.05) is 11.7 Å². The van der Waals surface area contributed by atoms with Crippen molar-refractivity contribution in [3.8, 4) is 0 Å². The van der Waals surface area contributed by atoms with Crippen LogP contribution in [0, 0.1) is 12.3 Å². The maximum atomic E-state index is 4.40. The summed E-state index contributed by atoms with van der Waals surface area (Å²) in [6.07, 6.45) is 13.6. The van der Waals surface area contributed by atoms with Gasteiger partial charge >= 0.3 is 0 Å². The second-order valence-corrected chi connectivity index (χ2v) is 6.43. The molecule has 0 aromatic carbocycles. The molecule has 18 heavy (non-hydrogen) atoms. The smallest absolute Gasteiger partial charge is 0.0825 e. The average Bonchev–Trinajstić information content (AvgIpc) is 2.91. The maximum absolute atomic E-state index is 4.40. The maximum Gasteiger partial charge on any atom is 0.0825 e. The van der Waals surface area contributed by atoms with Crippen LogP contribution in [0.5, 0.6) is 0 Å². The van der Waals surface area contributed by atoms with Gasteiger partial charge in [-0.1, -0.05) is 12.8 Å². The van der Waals surface area contributed by atoms with Gasteiger partial charge in [0.1, 0.15) is 0 Å². The van der Waals surface area contributed by atoms with Crippen LogP contribution < -0.4 is 5.32 Å². The fourth-order valence-corrected chi connectivity index (χ4v) is 3.96. The lowest BCUT2D eigenvalue weighted by Crippen LogP contribution is -2.31. The largest absolute Gasteiger partial charge is 0.380 e. The molecule has 0 amide bonds. The highest BCUT2D eigenvalue weighted by Gasteiger charge is 2.37. The van der Waals surface area contributed by atoms with E-state index in [4.69, 9.17) is 0 Å². The van der Waals surface area contributed by atoms with Gasteiger partial charge in [0.15, 0.2) is 0 Å². The van der Waals surface area contributed by atoms with Crippen LogP contribution in [0.15, 0.2) is 6.20 Å². The molecule has 3 heteroatoms. The zero-order chi connectivity index (χ0) is 12.6. The summed E-state index contributed by atoms with van der Waals surface area (Å²) in [5.74, 6) is 0. The monoisotopic (exact) mass is 247 g/mol. The highest BCUT2D eigenvalue weighted by molar-refractivity contribution is 5.46. The molecule has 3 rings (SSSR count). The molecule has 0 aliphatic heterocycles. The Morgan fingerprint density at radius 1 is 1.22 bits per heavy atom. The van der Waals surface area contributed by atoms with Crippen molar-refractivity contribution in [2.75, 3.05) is 5.32 Å². The lowest BCUT2D eigenvalue weighted by molar-refractivity contribution is 0.188. The Morgan fingerprint density at radius 2 is 1.89 bits per heavy atom. The van der Waals surface area contributed by atoms with E-state index in [9.17, 15) is 0 Å². The minimum atomic E-state index is 0.666. The number of nitrogens with one attached hydrogen (secondary N) is 1. The summed E-state index contributed by atoms with van der Waals surface area (Å²) in [5.41, 5.74) is 3.09. The van der Waals surface area contributed by atoms with Crippen molar-refractivity contribution in [3.05, 3.63) is 11.9 Å². The molecule has 100 valence electrons. The van der Waals surface area contributed by atoms with Crippen LogP contribution in [-0.4, -0.2) is 15.8 Å². The van der Waals surface area contributed by atoms with Gasteiger partial charge in [0.2, 0.25) is 0 Å². The van der Waals surface area contributed by atoms with Gasteiger partial charge in [-0.15, -0.1) is 0 Å².